The molecule has 1 aromatic heterocycles. The molecule has 1 N–H and O–H groups in total. The lowest BCUT2D eigenvalue weighted by molar-refractivity contribution is -0.127. The van der Waals surface area contributed by atoms with Crippen molar-refractivity contribution in [2.24, 2.45) is 5.92 Å². The van der Waals surface area contributed by atoms with Crippen molar-refractivity contribution in [1.82, 2.24) is 10.2 Å². The van der Waals surface area contributed by atoms with E-state index in [4.69, 9.17) is 4.42 Å². The Hall–Kier alpha value is -3.08. The van der Waals surface area contributed by atoms with Gasteiger partial charge in [0.25, 0.3) is 5.91 Å². The summed E-state index contributed by atoms with van der Waals surface area (Å²) in [6.07, 6.45) is 2.84. The van der Waals surface area contributed by atoms with E-state index in [1.165, 1.54) is 17.0 Å². The highest BCUT2D eigenvalue weighted by atomic mass is 16.3. The first kappa shape index (κ1) is 18.3. The van der Waals surface area contributed by atoms with Gasteiger partial charge in [-0.1, -0.05) is 36.4 Å². The molecule has 2 heterocycles. The number of nitrogens with zero attached hydrogens (tertiary/aromatic N) is 1. The maximum atomic E-state index is 12.7. The average Bonchev–Trinajstić information content (AvgIpc) is 3.28. The zero-order chi connectivity index (χ0) is 19.5. The summed E-state index contributed by atoms with van der Waals surface area (Å²) in [7, 11) is 0. The fourth-order valence-electron chi connectivity index (χ4n) is 3.79. The Balaban J connectivity index is 1.34. The second-order valence-electron chi connectivity index (χ2n) is 7.38. The van der Waals surface area contributed by atoms with Gasteiger partial charge in [-0.05, 0) is 54.3 Å². The van der Waals surface area contributed by atoms with Crippen LogP contribution in [0.15, 0.2) is 65.3 Å². The van der Waals surface area contributed by atoms with E-state index in [-0.39, 0.29) is 23.8 Å². The molecular weight excluding hydrogens is 352 g/mol. The minimum Gasteiger partial charge on any atom is -0.459 e. The predicted octanol–water partition coefficient (Wildman–Crippen LogP) is 4.16. The van der Waals surface area contributed by atoms with Gasteiger partial charge in [0.1, 0.15) is 0 Å². The summed E-state index contributed by atoms with van der Waals surface area (Å²) in [5, 5.41) is 5.51. The summed E-state index contributed by atoms with van der Waals surface area (Å²) >= 11 is 0. The van der Waals surface area contributed by atoms with Gasteiger partial charge in [0, 0.05) is 19.0 Å². The number of piperidine rings is 1. The standard InChI is InChI=1S/C23H24N2O3/c1-16(19-9-8-17-5-2-3-6-20(17)15-19)24-22(26)18-10-12-25(13-11-18)23(27)21-7-4-14-28-21/h2-9,14-16,18H,10-13H2,1H3,(H,24,26). The van der Waals surface area contributed by atoms with Gasteiger partial charge in [0.2, 0.25) is 5.91 Å². The number of likely N-dealkylation sites (tertiary alicyclic amines) is 1. The Labute approximate surface area is 164 Å². The maximum Gasteiger partial charge on any atom is 0.289 e. The Bertz CT molecular complexity index is 972. The van der Waals surface area contributed by atoms with Gasteiger partial charge < -0.3 is 14.6 Å². The van der Waals surface area contributed by atoms with E-state index in [9.17, 15) is 9.59 Å². The van der Waals surface area contributed by atoms with Crippen LogP contribution >= 0.6 is 0 Å². The normalized spacial score (nSPS) is 16.1. The monoisotopic (exact) mass is 376 g/mol. The van der Waals surface area contributed by atoms with Crippen LogP contribution < -0.4 is 5.32 Å². The molecule has 0 aliphatic carbocycles. The van der Waals surface area contributed by atoms with Crippen molar-refractivity contribution in [3.05, 3.63) is 72.2 Å². The number of amides is 2. The molecule has 2 aromatic carbocycles. The molecule has 1 saturated heterocycles. The first-order valence-electron chi connectivity index (χ1n) is 9.73. The van der Waals surface area contributed by atoms with E-state index in [1.807, 2.05) is 19.1 Å². The molecule has 0 radical (unpaired) electrons. The highest BCUT2D eigenvalue weighted by Gasteiger charge is 2.29. The Morgan fingerprint density at radius 2 is 1.79 bits per heavy atom. The van der Waals surface area contributed by atoms with Crippen LogP contribution in [0.1, 0.15) is 41.9 Å². The van der Waals surface area contributed by atoms with Crippen molar-refractivity contribution in [2.75, 3.05) is 13.1 Å². The van der Waals surface area contributed by atoms with Gasteiger partial charge in [-0.15, -0.1) is 0 Å². The second kappa shape index (κ2) is 7.89. The number of hydrogen-bond acceptors (Lipinski definition) is 3. The molecule has 4 rings (SSSR count). The summed E-state index contributed by atoms with van der Waals surface area (Å²) in [6, 6.07) is 17.8. The molecule has 28 heavy (non-hydrogen) atoms. The van der Waals surface area contributed by atoms with Crippen molar-refractivity contribution in [1.29, 1.82) is 0 Å². The number of benzene rings is 2. The quantitative estimate of drug-likeness (QED) is 0.744. The molecule has 144 valence electrons. The van der Waals surface area contributed by atoms with Crippen molar-refractivity contribution in [3.63, 3.8) is 0 Å². The van der Waals surface area contributed by atoms with Crippen LogP contribution in [0, 0.1) is 5.92 Å². The maximum absolute atomic E-state index is 12.7. The van der Waals surface area contributed by atoms with Gasteiger partial charge in [0.05, 0.1) is 12.3 Å². The first-order valence-corrected chi connectivity index (χ1v) is 9.73. The summed E-state index contributed by atoms with van der Waals surface area (Å²) in [4.78, 5) is 26.8. The van der Waals surface area contributed by atoms with Crippen LogP contribution in [-0.2, 0) is 4.79 Å². The highest BCUT2D eigenvalue weighted by molar-refractivity contribution is 5.91. The molecule has 1 aliphatic rings. The second-order valence-corrected chi connectivity index (χ2v) is 7.38. The fraction of sp³-hybridized carbons (Fsp3) is 0.304. The molecule has 5 heteroatoms. The molecule has 0 spiro atoms. The molecule has 0 bridgehead atoms. The summed E-state index contributed by atoms with van der Waals surface area (Å²) in [5.41, 5.74) is 1.09. The molecule has 1 fully saturated rings. The van der Waals surface area contributed by atoms with Crippen LogP contribution in [0.2, 0.25) is 0 Å². The molecule has 5 nitrogen and oxygen atoms in total. The van der Waals surface area contributed by atoms with Crippen LogP contribution in [0.4, 0.5) is 0 Å². The molecular formula is C23H24N2O3. The van der Waals surface area contributed by atoms with Crippen LogP contribution in [-0.4, -0.2) is 29.8 Å². The first-order chi connectivity index (χ1) is 13.6. The molecule has 1 atom stereocenters. The number of furan rings is 1. The van der Waals surface area contributed by atoms with Gasteiger partial charge in [-0.3, -0.25) is 9.59 Å². The minimum absolute atomic E-state index is 0.0557. The van der Waals surface area contributed by atoms with Gasteiger partial charge in [-0.25, -0.2) is 0 Å². The molecule has 1 aliphatic heterocycles. The number of hydrogen-bond donors (Lipinski definition) is 1. The molecule has 1 unspecified atom stereocenters. The summed E-state index contributed by atoms with van der Waals surface area (Å²) in [5.74, 6) is 0.246. The third kappa shape index (κ3) is 3.79. The smallest absolute Gasteiger partial charge is 0.289 e. The lowest BCUT2D eigenvalue weighted by Gasteiger charge is -2.31. The number of carbonyl (C=O) groups is 2. The highest BCUT2D eigenvalue weighted by Crippen LogP contribution is 2.23. The van der Waals surface area contributed by atoms with Gasteiger partial charge in [-0.2, -0.15) is 0 Å². The fourth-order valence-corrected chi connectivity index (χ4v) is 3.79. The molecule has 0 saturated carbocycles. The lowest BCUT2D eigenvalue weighted by Crippen LogP contribution is -2.43. The SMILES string of the molecule is CC(NC(=O)C1CCN(C(=O)c2ccco2)CC1)c1ccc2ccccc2c1. The molecule has 3 aromatic rings. The van der Waals surface area contributed by atoms with E-state index < -0.39 is 0 Å². The van der Waals surface area contributed by atoms with Crippen molar-refractivity contribution in [2.45, 2.75) is 25.8 Å². The van der Waals surface area contributed by atoms with E-state index in [2.05, 4.69) is 35.6 Å². The summed E-state index contributed by atoms with van der Waals surface area (Å²) < 4.78 is 5.18. The number of fused-ring (bicyclic) bond motifs is 1. The van der Waals surface area contributed by atoms with Gasteiger partial charge in [0.15, 0.2) is 5.76 Å². The van der Waals surface area contributed by atoms with E-state index in [1.54, 1.807) is 17.0 Å². The summed E-state index contributed by atoms with van der Waals surface area (Å²) in [6.45, 7) is 3.15. The molecule has 2 amide bonds. The lowest BCUT2D eigenvalue weighted by atomic mass is 9.94. The number of carbonyl (C=O) groups excluding carboxylic acids is 2. The topological polar surface area (TPSA) is 62.6 Å². The van der Waals surface area contributed by atoms with E-state index in [0.717, 1.165) is 5.56 Å². The third-order valence-electron chi connectivity index (χ3n) is 5.52. The Morgan fingerprint density at radius 1 is 1.04 bits per heavy atom. The van der Waals surface area contributed by atoms with E-state index in [0.29, 0.717) is 31.7 Å². The average molecular weight is 376 g/mol. The van der Waals surface area contributed by atoms with Crippen LogP contribution in [0.3, 0.4) is 0 Å². The zero-order valence-electron chi connectivity index (χ0n) is 15.9. The largest absolute Gasteiger partial charge is 0.459 e. The Kier molecular flexibility index (Phi) is 5.15. The van der Waals surface area contributed by atoms with Crippen LogP contribution in [0.25, 0.3) is 10.8 Å². The van der Waals surface area contributed by atoms with Crippen LogP contribution in [0.5, 0.6) is 0 Å². The van der Waals surface area contributed by atoms with Crippen molar-refractivity contribution >= 4 is 22.6 Å². The minimum atomic E-state index is -0.103. The number of nitrogens with one attached hydrogen (secondary N) is 1. The van der Waals surface area contributed by atoms with Crippen molar-refractivity contribution in [3.8, 4) is 0 Å². The van der Waals surface area contributed by atoms with E-state index >= 15 is 0 Å². The predicted molar refractivity (Wildman–Crippen MR) is 108 cm³/mol. The van der Waals surface area contributed by atoms with Crippen molar-refractivity contribution < 1.29 is 14.0 Å². The zero-order valence-corrected chi connectivity index (χ0v) is 15.9. The number of rotatable bonds is 4. The van der Waals surface area contributed by atoms with Gasteiger partial charge >= 0.3 is 0 Å². The third-order valence-corrected chi connectivity index (χ3v) is 5.52. The Morgan fingerprint density at radius 3 is 2.50 bits per heavy atom.